The van der Waals surface area contributed by atoms with Gasteiger partial charge in [-0.25, -0.2) is 9.79 Å². The van der Waals surface area contributed by atoms with Crippen LogP contribution in [0.15, 0.2) is 69.6 Å². The molecule has 9 heteroatoms. The van der Waals surface area contributed by atoms with Gasteiger partial charge >= 0.3 is 5.97 Å². The zero-order valence-corrected chi connectivity index (χ0v) is 20.5. The van der Waals surface area contributed by atoms with Crippen LogP contribution in [-0.4, -0.2) is 38.0 Å². The number of halogens is 1. The maximum Gasteiger partial charge on any atom is 0.338 e. The molecule has 1 aliphatic rings. The van der Waals surface area contributed by atoms with Crippen LogP contribution in [-0.2, 0) is 14.3 Å². The summed E-state index contributed by atoms with van der Waals surface area (Å²) in [5.41, 5.74) is 1.95. The van der Waals surface area contributed by atoms with Crippen molar-refractivity contribution >= 4 is 35.0 Å². The molecular formula is C25H23ClN2O5S. The monoisotopic (exact) mass is 498 g/mol. The maximum atomic E-state index is 13.6. The third-order valence-corrected chi connectivity index (χ3v) is 6.70. The van der Waals surface area contributed by atoms with E-state index in [1.54, 1.807) is 38.3 Å². The zero-order valence-electron chi connectivity index (χ0n) is 18.9. The Kier molecular flexibility index (Phi) is 7.31. The van der Waals surface area contributed by atoms with Gasteiger partial charge in [0.25, 0.3) is 5.56 Å². The molecule has 0 bridgehead atoms. The minimum atomic E-state index is -0.766. The second kappa shape index (κ2) is 10.4. The van der Waals surface area contributed by atoms with Gasteiger partial charge in [-0.3, -0.25) is 9.36 Å². The van der Waals surface area contributed by atoms with E-state index in [4.69, 9.17) is 25.8 Å². The van der Waals surface area contributed by atoms with Gasteiger partial charge in [0.2, 0.25) is 0 Å². The molecule has 0 N–H and O–H groups in total. The first-order valence-corrected chi connectivity index (χ1v) is 11.7. The summed E-state index contributed by atoms with van der Waals surface area (Å²) in [6, 6.07) is 13.8. The first kappa shape index (κ1) is 23.9. The zero-order chi connectivity index (χ0) is 24.2. The number of nitrogens with zero attached hydrogens (tertiary/aromatic N) is 2. The molecule has 0 amide bonds. The average molecular weight is 499 g/mol. The molecule has 1 aromatic heterocycles. The van der Waals surface area contributed by atoms with Gasteiger partial charge < -0.3 is 14.2 Å². The Morgan fingerprint density at radius 3 is 2.56 bits per heavy atom. The lowest BCUT2D eigenvalue weighted by atomic mass is 9.96. The molecule has 0 unspecified atom stereocenters. The Balaban J connectivity index is 1.88. The summed E-state index contributed by atoms with van der Waals surface area (Å²) in [4.78, 5) is 31.7. The van der Waals surface area contributed by atoms with Gasteiger partial charge in [0.15, 0.2) is 4.80 Å². The van der Waals surface area contributed by atoms with Crippen LogP contribution in [0.5, 0.6) is 5.75 Å². The van der Waals surface area contributed by atoms with Gasteiger partial charge in [-0.15, -0.1) is 0 Å². The standard InChI is InChI=1S/C25H23ClN2O5S/c1-15-21(24(30)33-13-12-31-2)22(18-6-4-5-7-19(18)26)28-23(29)20(34-25(28)27-15)14-16-8-10-17(32-3)11-9-16/h4-11,14,22H,12-13H2,1-3H3/t22-/m1/s1. The van der Waals surface area contributed by atoms with Crippen molar-refractivity contribution in [3.05, 3.63) is 95.6 Å². The summed E-state index contributed by atoms with van der Waals surface area (Å²) in [6.45, 7) is 2.08. The molecule has 4 rings (SSSR count). The Bertz CT molecular complexity index is 1420. The van der Waals surface area contributed by atoms with E-state index in [2.05, 4.69) is 4.99 Å². The fourth-order valence-electron chi connectivity index (χ4n) is 3.72. The van der Waals surface area contributed by atoms with Crippen LogP contribution in [0.25, 0.3) is 6.08 Å². The number of ether oxygens (including phenoxy) is 3. The molecule has 2 aromatic carbocycles. The van der Waals surface area contributed by atoms with Crippen molar-refractivity contribution in [1.29, 1.82) is 0 Å². The number of aromatic nitrogens is 1. The third-order valence-electron chi connectivity index (χ3n) is 5.38. The van der Waals surface area contributed by atoms with E-state index in [1.807, 2.05) is 30.3 Å². The molecule has 0 saturated carbocycles. The van der Waals surface area contributed by atoms with Crippen molar-refractivity contribution in [2.45, 2.75) is 13.0 Å². The van der Waals surface area contributed by atoms with Crippen molar-refractivity contribution in [3.63, 3.8) is 0 Å². The van der Waals surface area contributed by atoms with E-state index in [9.17, 15) is 9.59 Å². The van der Waals surface area contributed by atoms with E-state index >= 15 is 0 Å². The lowest BCUT2D eigenvalue weighted by molar-refractivity contribution is -0.140. The van der Waals surface area contributed by atoms with E-state index in [1.165, 1.54) is 23.0 Å². The van der Waals surface area contributed by atoms with Crippen LogP contribution in [0.3, 0.4) is 0 Å². The SMILES string of the molecule is COCCOC(=O)C1=C(C)N=c2sc(=Cc3ccc(OC)cc3)c(=O)n2[C@@H]1c1ccccc1Cl. The molecule has 0 fully saturated rings. The maximum absolute atomic E-state index is 13.6. The average Bonchev–Trinajstić information content (AvgIpc) is 3.13. The summed E-state index contributed by atoms with van der Waals surface area (Å²) in [6.07, 6.45) is 1.79. The number of allylic oxidation sites excluding steroid dienone is 1. The fraction of sp³-hybridized carbons (Fsp3) is 0.240. The van der Waals surface area contributed by atoms with E-state index in [0.29, 0.717) is 25.6 Å². The highest BCUT2D eigenvalue weighted by molar-refractivity contribution is 7.07. The molecule has 7 nitrogen and oxygen atoms in total. The molecule has 2 heterocycles. The van der Waals surface area contributed by atoms with E-state index in [-0.39, 0.29) is 24.3 Å². The molecule has 0 radical (unpaired) electrons. The van der Waals surface area contributed by atoms with Crippen LogP contribution < -0.4 is 19.6 Å². The molecule has 0 aliphatic carbocycles. The van der Waals surface area contributed by atoms with Crippen LogP contribution in [0.1, 0.15) is 24.1 Å². The second-order valence-electron chi connectivity index (χ2n) is 7.51. The second-order valence-corrected chi connectivity index (χ2v) is 8.92. The minimum Gasteiger partial charge on any atom is -0.497 e. The number of benzene rings is 2. The van der Waals surface area contributed by atoms with Crippen LogP contribution in [0.2, 0.25) is 5.02 Å². The highest BCUT2D eigenvalue weighted by Crippen LogP contribution is 2.34. The van der Waals surface area contributed by atoms with Gasteiger partial charge in [0.05, 0.1) is 29.5 Å². The first-order chi connectivity index (χ1) is 16.4. The largest absolute Gasteiger partial charge is 0.497 e. The van der Waals surface area contributed by atoms with Gasteiger partial charge in [0.1, 0.15) is 18.4 Å². The molecule has 1 atom stereocenters. The number of rotatable bonds is 7. The quantitative estimate of drug-likeness (QED) is 0.369. The van der Waals surface area contributed by atoms with Crippen molar-refractivity contribution in [1.82, 2.24) is 4.57 Å². The van der Waals surface area contributed by atoms with Gasteiger partial charge in [-0.05, 0) is 42.3 Å². The lowest BCUT2D eigenvalue weighted by Crippen LogP contribution is -2.40. The highest BCUT2D eigenvalue weighted by Gasteiger charge is 2.34. The summed E-state index contributed by atoms with van der Waals surface area (Å²) in [7, 11) is 3.13. The van der Waals surface area contributed by atoms with Crippen molar-refractivity contribution in [2.24, 2.45) is 4.99 Å². The van der Waals surface area contributed by atoms with E-state index in [0.717, 1.165) is 11.3 Å². The smallest absolute Gasteiger partial charge is 0.338 e. The number of hydrogen-bond acceptors (Lipinski definition) is 7. The van der Waals surface area contributed by atoms with Gasteiger partial charge in [0, 0.05) is 12.1 Å². The number of fused-ring (bicyclic) bond motifs is 1. The molecule has 0 saturated heterocycles. The summed E-state index contributed by atoms with van der Waals surface area (Å²) >= 11 is 7.79. The Labute approximate surface area is 205 Å². The lowest BCUT2D eigenvalue weighted by Gasteiger charge is -2.25. The van der Waals surface area contributed by atoms with Crippen molar-refractivity contribution in [2.75, 3.05) is 27.4 Å². The molecule has 34 heavy (non-hydrogen) atoms. The molecule has 176 valence electrons. The fourth-order valence-corrected chi connectivity index (χ4v) is 5.01. The Morgan fingerprint density at radius 2 is 1.88 bits per heavy atom. The molecule has 3 aromatic rings. The Morgan fingerprint density at radius 1 is 1.15 bits per heavy atom. The van der Waals surface area contributed by atoms with Crippen LogP contribution in [0, 0.1) is 0 Å². The number of hydrogen-bond donors (Lipinski definition) is 0. The first-order valence-electron chi connectivity index (χ1n) is 10.5. The minimum absolute atomic E-state index is 0.0866. The molecule has 0 spiro atoms. The third kappa shape index (κ3) is 4.70. The van der Waals surface area contributed by atoms with E-state index < -0.39 is 12.0 Å². The number of thiazole rings is 1. The highest BCUT2D eigenvalue weighted by atomic mass is 35.5. The number of carbonyl (C=O) groups is 1. The number of esters is 1. The summed E-state index contributed by atoms with van der Waals surface area (Å²) < 4.78 is 17.6. The Hall–Kier alpha value is -3.20. The van der Waals surface area contributed by atoms with Crippen molar-refractivity contribution < 1.29 is 19.0 Å². The van der Waals surface area contributed by atoms with Crippen molar-refractivity contribution in [3.8, 4) is 5.75 Å². The van der Waals surface area contributed by atoms with Crippen LogP contribution >= 0.6 is 22.9 Å². The van der Waals surface area contributed by atoms with Crippen LogP contribution in [0.4, 0.5) is 0 Å². The number of carbonyl (C=O) groups excluding carboxylic acids is 1. The number of methoxy groups -OCH3 is 2. The normalized spacial score (nSPS) is 15.6. The van der Waals surface area contributed by atoms with Gasteiger partial charge in [-0.1, -0.05) is 53.3 Å². The summed E-state index contributed by atoms with van der Waals surface area (Å²) in [5.74, 6) is 0.164. The molecule has 1 aliphatic heterocycles. The summed E-state index contributed by atoms with van der Waals surface area (Å²) in [5, 5.41) is 0.439. The predicted octanol–water partition coefficient (Wildman–Crippen LogP) is 3.09. The predicted molar refractivity (Wildman–Crippen MR) is 131 cm³/mol. The topological polar surface area (TPSA) is 79.1 Å². The van der Waals surface area contributed by atoms with Gasteiger partial charge in [-0.2, -0.15) is 0 Å². The molecular weight excluding hydrogens is 476 g/mol.